The Kier molecular flexibility index (Phi) is 10.1. The Bertz CT molecular complexity index is 658. The molecule has 3 heterocycles. The second-order valence-electron chi connectivity index (χ2n) is 7.11. The lowest BCUT2D eigenvalue weighted by atomic mass is 9.98. The van der Waals surface area contributed by atoms with Crippen molar-refractivity contribution in [3.8, 4) is 0 Å². The SMILES string of the molecule is CN=C(NCC1CCCN(Cc2cccs2)C1)NCC(C)c1ccsc1.I. The highest BCUT2D eigenvalue weighted by Crippen LogP contribution is 2.20. The molecule has 0 aromatic carbocycles. The van der Waals surface area contributed by atoms with Gasteiger partial charge in [0.25, 0.3) is 0 Å². The normalized spacial score (nSPS) is 19.3. The Morgan fingerprint density at radius 1 is 1.33 bits per heavy atom. The van der Waals surface area contributed by atoms with Crippen molar-refractivity contribution < 1.29 is 0 Å². The van der Waals surface area contributed by atoms with Crippen molar-refractivity contribution in [1.82, 2.24) is 15.5 Å². The Balaban J connectivity index is 0.00000261. The van der Waals surface area contributed by atoms with Crippen LogP contribution in [-0.4, -0.2) is 44.1 Å². The molecule has 4 nitrogen and oxygen atoms in total. The molecule has 0 saturated carbocycles. The first-order valence-electron chi connectivity index (χ1n) is 9.46. The molecule has 2 aromatic heterocycles. The molecule has 7 heteroatoms. The number of halogens is 1. The first kappa shape index (κ1) is 22.6. The fourth-order valence-corrected chi connectivity index (χ4v) is 5.00. The van der Waals surface area contributed by atoms with Gasteiger partial charge in [-0.15, -0.1) is 35.3 Å². The maximum atomic E-state index is 4.39. The van der Waals surface area contributed by atoms with Crippen LogP contribution < -0.4 is 10.6 Å². The van der Waals surface area contributed by atoms with Gasteiger partial charge in [0.05, 0.1) is 0 Å². The van der Waals surface area contributed by atoms with Crippen LogP contribution in [0.5, 0.6) is 0 Å². The van der Waals surface area contributed by atoms with Crippen LogP contribution >= 0.6 is 46.7 Å². The Morgan fingerprint density at radius 2 is 2.22 bits per heavy atom. The summed E-state index contributed by atoms with van der Waals surface area (Å²) in [5.74, 6) is 2.11. The summed E-state index contributed by atoms with van der Waals surface area (Å²) in [6.07, 6.45) is 2.59. The zero-order valence-electron chi connectivity index (χ0n) is 16.2. The molecule has 1 fully saturated rings. The van der Waals surface area contributed by atoms with Gasteiger partial charge in [-0.2, -0.15) is 11.3 Å². The molecule has 3 rings (SSSR count). The maximum Gasteiger partial charge on any atom is 0.191 e. The van der Waals surface area contributed by atoms with E-state index in [1.165, 1.54) is 36.4 Å². The minimum Gasteiger partial charge on any atom is -0.356 e. The molecule has 150 valence electrons. The van der Waals surface area contributed by atoms with Crippen molar-refractivity contribution in [3.05, 3.63) is 44.8 Å². The van der Waals surface area contributed by atoms with Crippen LogP contribution in [0.4, 0.5) is 0 Å². The Morgan fingerprint density at radius 3 is 2.93 bits per heavy atom. The summed E-state index contributed by atoms with van der Waals surface area (Å²) in [4.78, 5) is 8.46. The number of hydrogen-bond donors (Lipinski definition) is 2. The standard InChI is InChI=1S/C20H30N4S2.HI/c1-16(18-7-10-25-15-18)11-22-20(21-2)23-12-17-5-3-8-24(13-17)14-19-6-4-9-26-19;/h4,6-7,9-10,15-17H,3,5,8,11-14H2,1-2H3,(H2,21,22,23);1H. The largest absolute Gasteiger partial charge is 0.356 e. The zero-order chi connectivity index (χ0) is 18.2. The third-order valence-electron chi connectivity index (χ3n) is 5.03. The van der Waals surface area contributed by atoms with Gasteiger partial charge in [-0.1, -0.05) is 13.0 Å². The van der Waals surface area contributed by atoms with E-state index >= 15 is 0 Å². The molecule has 0 bridgehead atoms. The predicted octanol–water partition coefficient (Wildman–Crippen LogP) is 4.61. The zero-order valence-corrected chi connectivity index (χ0v) is 20.2. The van der Waals surface area contributed by atoms with E-state index < -0.39 is 0 Å². The number of likely N-dealkylation sites (tertiary alicyclic amines) is 1. The summed E-state index contributed by atoms with van der Waals surface area (Å²) in [6.45, 7) is 7.65. The second-order valence-corrected chi connectivity index (χ2v) is 8.93. The number of hydrogen-bond acceptors (Lipinski definition) is 4. The first-order valence-corrected chi connectivity index (χ1v) is 11.3. The summed E-state index contributed by atoms with van der Waals surface area (Å²) >= 11 is 3.62. The molecule has 0 radical (unpaired) electrons. The number of piperidine rings is 1. The summed E-state index contributed by atoms with van der Waals surface area (Å²) < 4.78 is 0. The molecule has 1 aliphatic rings. The highest BCUT2D eigenvalue weighted by Gasteiger charge is 2.20. The smallest absolute Gasteiger partial charge is 0.191 e. The van der Waals surface area contributed by atoms with Crippen molar-refractivity contribution in [1.29, 1.82) is 0 Å². The summed E-state index contributed by atoms with van der Waals surface area (Å²) in [5.41, 5.74) is 1.40. The van der Waals surface area contributed by atoms with E-state index in [2.05, 4.69) is 61.8 Å². The molecule has 2 unspecified atom stereocenters. The fourth-order valence-electron chi connectivity index (χ4n) is 3.47. The van der Waals surface area contributed by atoms with Crippen molar-refractivity contribution >= 4 is 52.6 Å². The second kappa shape index (κ2) is 12.0. The topological polar surface area (TPSA) is 39.7 Å². The van der Waals surface area contributed by atoms with E-state index in [4.69, 9.17) is 0 Å². The van der Waals surface area contributed by atoms with Gasteiger partial charge in [0.2, 0.25) is 0 Å². The highest BCUT2D eigenvalue weighted by molar-refractivity contribution is 14.0. The van der Waals surface area contributed by atoms with Gasteiger partial charge in [-0.05, 0) is 65.1 Å². The summed E-state index contributed by atoms with van der Waals surface area (Å²) in [7, 11) is 1.86. The first-order chi connectivity index (χ1) is 12.7. The van der Waals surface area contributed by atoms with Crippen molar-refractivity contribution in [2.24, 2.45) is 10.9 Å². The molecule has 2 atom stereocenters. The lowest BCUT2D eigenvalue weighted by Crippen LogP contribution is -2.44. The molecule has 27 heavy (non-hydrogen) atoms. The number of nitrogens with one attached hydrogen (secondary N) is 2. The van der Waals surface area contributed by atoms with Crippen molar-refractivity contribution in [2.45, 2.75) is 32.2 Å². The molecule has 1 saturated heterocycles. The molecular formula is C20H31IN4S2. The average Bonchev–Trinajstić information content (AvgIpc) is 3.36. The summed E-state index contributed by atoms with van der Waals surface area (Å²) in [5, 5.41) is 13.6. The van der Waals surface area contributed by atoms with Crippen LogP contribution in [0.2, 0.25) is 0 Å². The van der Waals surface area contributed by atoms with Gasteiger partial charge in [-0.3, -0.25) is 9.89 Å². The predicted molar refractivity (Wildman–Crippen MR) is 130 cm³/mol. The number of rotatable bonds is 7. The van der Waals surface area contributed by atoms with Gasteiger partial charge >= 0.3 is 0 Å². The lowest BCUT2D eigenvalue weighted by molar-refractivity contribution is 0.169. The van der Waals surface area contributed by atoms with E-state index in [1.54, 1.807) is 11.3 Å². The lowest BCUT2D eigenvalue weighted by Gasteiger charge is -2.32. The van der Waals surface area contributed by atoms with Gasteiger partial charge in [0, 0.05) is 38.1 Å². The van der Waals surface area contributed by atoms with Crippen LogP contribution in [-0.2, 0) is 6.54 Å². The summed E-state index contributed by atoms with van der Waals surface area (Å²) in [6, 6.07) is 6.60. The Hall–Kier alpha value is -0.640. The minimum absolute atomic E-state index is 0. The molecule has 0 aliphatic carbocycles. The quantitative estimate of drug-likeness (QED) is 0.320. The number of thiophene rings is 2. The van der Waals surface area contributed by atoms with Crippen molar-refractivity contribution in [2.75, 3.05) is 33.2 Å². The van der Waals surface area contributed by atoms with Crippen LogP contribution in [0.3, 0.4) is 0 Å². The van der Waals surface area contributed by atoms with Crippen molar-refractivity contribution in [3.63, 3.8) is 0 Å². The molecular weight excluding hydrogens is 487 g/mol. The maximum absolute atomic E-state index is 4.39. The minimum atomic E-state index is 0. The molecule has 0 spiro atoms. The van der Waals surface area contributed by atoms with Crippen LogP contribution in [0.25, 0.3) is 0 Å². The third kappa shape index (κ3) is 7.36. The molecule has 2 aromatic rings. The molecule has 2 N–H and O–H groups in total. The van der Waals surface area contributed by atoms with E-state index in [0.29, 0.717) is 11.8 Å². The van der Waals surface area contributed by atoms with Crippen LogP contribution in [0, 0.1) is 5.92 Å². The van der Waals surface area contributed by atoms with E-state index in [-0.39, 0.29) is 24.0 Å². The highest BCUT2D eigenvalue weighted by atomic mass is 127. The fraction of sp³-hybridized carbons (Fsp3) is 0.550. The average molecular weight is 519 g/mol. The van der Waals surface area contributed by atoms with E-state index in [9.17, 15) is 0 Å². The number of nitrogens with zero attached hydrogens (tertiary/aromatic N) is 2. The van der Waals surface area contributed by atoms with Gasteiger partial charge < -0.3 is 10.6 Å². The number of aliphatic imine (C=N–C) groups is 1. The molecule has 0 amide bonds. The van der Waals surface area contributed by atoms with Crippen LogP contribution in [0.1, 0.15) is 36.1 Å². The third-order valence-corrected chi connectivity index (χ3v) is 6.59. The van der Waals surface area contributed by atoms with Gasteiger partial charge in [0.15, 0.2) is 5.96 Å². The van der Waals surface area contributed by atoms with E-state index in [1.807, 2.05) is 18.4 Å². The Labute approximate surface area is 188 Å². The van der Waals surface area contributed by atoms with E-state index in [0.717, 1.165) is 25.6 Å². The monoisotopic (exact) mass is 518 g/mol. The molecule has 1 aliphatic heterocycles. The number of guanidine groups is 1. The van der Waals surface area contributed by atoms with Gasteiger partial charge in [0.1, 0.15) is 0 Å². The van der Waals surface area contributed by atoms with Crippen LogP contribution in [0.15, 0.2) is 39.3 Å². The van der Waals surface area contributed by atoms with Gasteiger partial charge in [-0.25, -0.2) is 0 Å².